The van der Waals surface area contributed by atoms with Crippen molar-refractivity contribution in [3.63, 3.8) is 0 Å². The molecule has 0 bridgehead atoms. The van der Waals surface area contributed by atoms with Crippen LogP contribution in [0.15, 0.2) is 29.2 Å². The van der Waals surface area contributed by atoms with Crippen LogP contribution in [0.2, 0.25) is 0 Å². The van der Waals surface area contributed by atoms with Crippen molar-refractivity contribution in [3.05, 3.63) is 29.8 Å². The lowest BCUT2D eigenvalue weighted by Gasteiger charge is -2.18. The number of nitrogens with two attached hydrogens (primary N) is 1. The van der Waals surface area contributed by atoms with Gasteiger partial charge in [-0.3, -0.25) is 0 Å². The largest absolute Gasteiger partial charge is 0.383 e. The monoisotopic (exact) mass is 300 g/mol. The van der Waals surface area contributed by atoms with E-state index in [2.05, 4.69) is 4.72 Å². The Morgan fingerprint density at radius 2 is 2.10 bits per heavy atom. The fraction of sp³-hybridized carbons (Fsp3) is 0.571. The summed E-state index contributed by atoms with van der Waals surface area (Å²) in [5.74, 6) is 0. The van der Waals surface area contributed by atoms with Gasteiger partial charge in [0.1, 0.15) is 0 Å². The molecule has 6 heteroatoms. The van der Waals surface area contributed by atoms with Gasteiger partial charge in [0.05, 0.1) is 11.5 Å². The summed E-state index contributed by atoms with van der Waals surface area (Å²) in [4.78, 5) is 0.240. The maximum Gasteiger partial charge on any atom is 0.240 e. The van der Waals surface area contributed by atoms with Gasteiger partial charge in [0.25, 0.3) is 0 Å². The topological polar surface area (TPSA) is 81.4 Å². The van der Waals surface area contributed by atoms with Crippen LogP contribution in [0.4, 0.5) is 0 Å². The van der Waals surface area contributed by atoms with Crippen LogP contribution in [0.1, 0.15) is 38.3 Å². The average molecular weight is 300 g/mol. The lowest BCUT2D eigenvalue weighted by Crippen LogP contribution is -2.37. The minimum absolute atomic E-state index is 0.199. The minimum Gasteiger partial charge on any atom is -0.383 e. The lowest BCUT2D eigenvalue weighted by atomic mass is 10.1. The van der Waals surface area contributed by atoms with Crippen molar-refractivity contribution in [2.24, 2.45) is 5.73 Å². The molecule has 20 heavy (non-hydrogen) atoms. The average Bonchev–Trinajstić information content (AvgIpc) is 2.39. The highest BCUT2D eigenvalue weighted by Crippen LogP contribution is 2.16. The molecule has 1 aromatic carbocycles. The molecule has 1 aromatic rings. The number of hydrogen-bond acceptors (Lipinski definition) is 4. The molecule has 0 aliphatic heterocycles. The van der Waals surface area contributed by atoms with Crippen molar-refractivity contribution in [1.29, 1.82) is 0 Å². The van der Waals surface area contributed by atoms with Gasteiger partial charge >= 0.3 is 0 Å². The second-order valence-electron chi connectivity index (χ2n) is 4.92. The van der Waals surface area contributed by atoms with Gasteiger partial charge in [0.15, 0.2) is 0 Å². The molecular weight excluding hydrogens is 276 g/mol. The summed E-state index contributed by atoms with van der Waals surface area (Å²) in [6.45, 7) is 4.19. The highest BCUT2D eigenvalue weighted by Gasteiger charge is 2.20. The molecule has 2 atom stereocenters. The van der Waals surface area contributed by atoms with Crippen molar-refractivity contribution < 1.29 is 13.2 Å². The standard InChI is InChI=1S/C14H24N2O3S/c1-4-6-13(10-19-3)16-20(17,18)14-8-5-7-12(9-14)11(2)15/h5,7-9,11,13,16H,4,6,10,15H2,1-3H3. The molecule has 0 heterocycles. The maximum atomic E-state index is 12.4. The number of methoxy groups -OCH3 is 1. The zero-order chi connectivity index (χ0) is 15.2. The molecule has 0 radical (unpaired) electrons. The molecule has 0 amide bonds. The molecule has 0 aliphatic rings. The summed E-state index contributed by atoms with van der Waals surface area (Å²) in [5.41, 5.74) is 6.59. The summed E-state index contributed by atoms with van der Waals surface area (Å²) >= 11 is 0. The SMILES string of the molecule is CCCC(COC)NS(=O)(=O)c1cccc(C(C)N)c1. The summed E-state index contributed by atoms with van der Waals surface area (Å²) in [5, 5.41) is 0. The fourth-order valence-corrected chi connectivity index (χ4v) is 3.29. The molecule has 0 saturated carbocycles. The second-order valence-corrected chi connectivity index (χ2v) is 6.64. The van der Waals surface area contributed by atoms with Crippen LogP contribution in [0.3, 0.4) is 0 Å². The van der Waals surface area contributed by atoms with Gasteiger partial charge in [-0.15, -0.1) is 0 Å². The highest BCUT2D eigenvalue weighted by molar-refractivity contribution is 7.89. The fourth-order valence-electron chi connectivity index (χ4n) is 1.98. The van der Waals surface area contributed by atoms with Crippen LogP contribution in [0.25, 0.3) is 0 Å². The van der Waals surface area contributed by atoms with E-state index in [0.717, 1.165) is 18.4 Å². The van der Waals surface area contributed by atoms with E-state index in [9.17, 15) is 8.42 Å². The number of nitrogens with one attached hydrogen (secondary N) is 1. The predicted octanol–water partition coefficient (Wildman–Crippen LogP) is 1.80. The van der Waals surface area contributed by atoms with Crippen molar-refractivity contribution in [2.75, 3.05) is 13.7 Å². The van der Waals surface area contributed by atoms with Crippen LogP contribution >= 0.6 is 0 Å². The quantitative estimate of drug-likeness (QED) is 0.767. The third-order valence-corrected chi connectivity index (χ3v) is 4.54. The van der Waals surface area contributed by atoms with E-state index in [0.29, 0.717) is 6.61 Å². The van der Waals surface area contributed by atoms with Crippen molar-refractivity contribution >= 4 is 10.0 Å². The molecular formula is C14H24N2O3S. The van der Waals surface area contributed by atoms with E-state index in [4.69, 9.17) is 10.5 Å². The lowest BCUT2D eigenvalue weighted by molar-refractivity contribution is 0.171. The van der Waals surface area contributed by atoms with E-state index in [1.54, 1.807) is 25.3 Å². The third-order valence-electron chi connectivity index (χ3n) is 3.02. The first kappa shape index (κ1) is 17.1. The zero-order valence-electron chi connectivity index (χ0n) is 12.3. The molecule has 0 aromatic heterocycles. The molecule has 0 aliphatic carbocycles. The Balaban J connectivity index is 2.94. The van der Waals surface area contributed by atoms with Crippen LogP contribution < -0.4 is 10.5 Å². The first-order valence-corrected chi connectivity index (χ1v) is 8.25. The van der Waals surface area contributed by atoms with Crippen molar-refractivity contribution in [1.82, 2.24) is 4.72 Å². The summed E-state index contributed by atoms with van der Waals surface area (Å²) in [6, 6.07) is 6.30. The third kappa shape index (κ3) is 4.86. The second kappa shape index (κ2) is 7.73. The first-order valence-electron chi connectivity index (χ1n) is 6.77. The highest BCUT2D eigenvalue weighted by atomic mass is 32.2. The first-order chi connectivity index (χ1) is 9.40. The number of hydrogen-bond donors (Lipinski definition) is 2. The van der Waals surface area contributed by atoms with Crippen LogP contribution in [-0.4, -0.2) is 28.2 Å². The van der Waals surface area contributed by atoms with Crippen molar-refractivity contribution in [3.8, 4) is 0 Å². The zero-order valence-corrected chi connectivity index (χ0v) is 13.1. The van der Waals surface area contributed by atoms with Gasteiger partial charge in [-0.25, -0.2) is 13.1 Å². The molecule has 0 spiro atoms. The number of ether oxygens (including phenoxy) is 1. The van der Waals surface area contributed by atoms with E-state index >= 15 is 0 Å². The Bertz CT molecular complexity index is 509. The van der Waals surface area contributed by atoms with Gasteiger partial charge in [0.2, 0.25) is 10.0 Å². The molecule has 1 rings (SSSR count). The van der Waals surface area contributed by atoms with Gasteiger partial charge in [0, 0.05) is 19.2 Å². The van der Waals surface area contributed by atoms with Crippen molar-refractivity contribution in [2.45, 2.75) is 43.7 Å². The van der Waals surface area contributed by atoms with E-state index in [1.165, 1.54) is 0 Å². The molecule has 0 saturated heterocycles. The smallest absolute Gasteiger partial charge is 0.240 e. The Morgan fingerprint density at radius 1 is 1.40 bits per heavy atom. The Kier molecular flexibility index (Phi) is 6.61. The Labute approximate surface area is 121 Å². The van der Waals surface area contributed by atoms with Crippen LogP contribution in [-0.2, 0) is 14.8 Å². The molecule has 114 valence electrons. The van der Waals surface area contributed by atoms with E-state index in [-0.39, 0.29) is 17.0 Å². The molecule has 0 fully saturated rings. The van der Waals surface area contributed by atoms with Crippen LogP contribution in [0.5, 0.6) is 0 Å². The minimum atomic E-state index is -3.55. The van der Waals surface area contributed by atoms with Gasteiger partial charge in [-0.1, -0.05) is 25.5 Å². The van der Waals surface area contributed by atoms with E-state index < -0.39 is 10.0 Å². The maximum absolute atomic E-state index is 12.4. The number of benzene rings is 1. The van der Waals surface area contributed by atoms with Crippen LogP contribution in [0, 0.1) is 0 Å². The summed E-state index contributed by atoms with van der Waals surface area (Å²) in [6.07, 6.45) is 1.62. The summed E-state index contributed by atoms with van der Waals surface area (Å²) < 4.78 is 32.5. The van der Waals surface area contributed by atoms with Gasteiger partial charge in [-0.2, -0.15) is 0 Å². The van der Waals surface area contributed by atoms with E-state index in [1.807, 2.05) is 19.9 Å². The summed E-state index contributed by atoms with van der Waals surface area (Å²) in [7, 11) is -1.98. The molecule has 3 N–H and O–H groups in total. The molecule has 2 unspecified atom stereocenters. The normalized spacial score (nSPS) is 15.0. The van der Waals surface area contributed by atoms with Gasteiger partial charge < -0.3 is 10.5 Å². The predicted molar refractivity (Wildman–Crippen MR) is 79.9 cm³/mol. The molecule has 5 nitrogen and oxygen atoms in total. The number of rotatable bonds is 8. The Hall–Kier alpha value is -0.950. The Morgan fingerprint density at radius 3 is 2.65 bits per heavy atom. The van der Waals surface area contributed by atoms with Gasteiger partial charge in [-0.05, 0) is 31.0 Å². The number of sulfonamides is 1.